The Balaban J connectivity index is 0.845. The van der Waals surface area contributed by atoms with Gasteiger partial charge in [-0.05, 0) is 144 Å². The van der Waals surface area contributed by atoms with Gasteiger partial charge in [-0.15, -0.1) is 0 Å². The summed E-state index contributed by atoms with van der Waals surface area (Å²) in [6.45, 7) is 4.70. The Bertz CT molecular complexity index is 3740. The minimum Gasteiger partial charge on any atom is -0.456 e. The number of nitrogens with zero attached hydrogens (tertiary/aromatic N) is 1. The van der Waals surface area contributed by atoms with E-state index in [4.69, 9.17) is 4.74 Å². The van der Waals surface area contributed by atoms with Gasteiger partial charge in [0.25, 0.3) is 0 Å². The molecule has 69 heavy (non-hydrogen) atoms. The number of hydrogen-bond acceptors (Lipinski definition) is 2. The number of anilines is 3. The molecule has 1 aliphatic heterocycles. The number of ether oxygens (including phenoxy) is 1. The summed E-state index contributed by atoms with van der Waals surface area (Å²) in [6.07, 6.45) is 0. The second-order valence-electron chi connectivity index (χ2n) is 18.9. The van der Waals surface area contributed by atoms with Crippen molar-refractivity contribution in [3.8, 4) is 89.4 Å². The van der Waals surface area contributed by atoms with Crippen LogP contribution < -0.4 is 9.64 Å². The first kappa shape index (κ1) is 40.5. The molecule has 0 radical (unpaired) electrons. The molecule has 11 aromatic rings. The van der Waals surface area contributed by atoms with Crippen LogP contribution >= 0.6 is 0 Å². The maximum Gasteiger partial charge on any atom is 0.135 e. The number of fused-ring (bicyclic) bond motifs is 9. The van der Waals surface area contributed by atoms with E-state index in [1.807, 2.05) is 0 Å². The van der Waals surface area contributed by atoms with E-state index in [1.54, 1.807) is 0 Å². The SMILES string of the molecule is CC1(C)c2ccccc2-c2ccc(N(c3ccc(-c4ccccc4)cc3)c3ccc(-c4ccc(-c5ccc6c(c5)Oc5cc7ccccc7cc5-c5cccc(-c7ccccc7)c5-6)cc4)cc3)cc21. The van der Waals surface area contributed by atoms with E-state index >= 15 is 0 Å². The van der Waals surface area contributed by atoms with Crippen molar-refractivity contribution in [1.82, 2.24) is 0 Å². The zero-order valence-electron chi connectivity index (χ0n) is 38.5. The molecule has 2 heteroatoms. The van der Waals surface area contributed by atoms with E-state index in [1.165, 1.54) is 61.0 Å². The molecule has 1 aliphatic carbocycles. The summed E-state index contributed by atoms with van der Waals surface area (Å²) in [5, 5.41) is 2.35. The van der Waals surface area contributed by atoms with E-state index in [9.17, 15) is 0 Å². The lowest BCUT2D eigenvalue weighted by Gasteiger charge is -2.28. The van der Waals surface area contributed by atoms with E-state index in [-0.39, 0.29) is 5.41 Å². The lowest BCUT2D eigenvalue weighted by molar-refractivity contribution is 0.488. The highest BCUT2D eigenvalue weighted by molar-refractivity contribution is 6.02. The Hall–Kier alpha value is -8.72. The molecule has 11 aromatic carbocycles. The van der Waals surface area contributed by atoms with Crippen molar-refractivity contribution in [3.63, 3.8) is 0 Å². The normalized spacial score (nSPS) is 12.7. The van der Waals surface area contributed by atoms with Crippen LogP contribution in [0, 0.1) is 0 Å². The molecule has 0 unspecified atom stereocenters. The Morgan fingerprint density at radius 3 is 1.43 bits per heavy atom. The third kappa shape index (κ3) is 6.95. The summed E-state index contributed by atoms with van der Waals surface area (Å²) in [4.78, 5) is 2.39. The standard InChI is InChI=1S/C67H47NO/c1-67(2)62-23-12-11-20-57(62)58-39-37-55(43-63(58)67)68(53-33-28-46(29-34-53)44-14-5-3-6-15-44)54-35-30-47(31-36-54)45-24-26-48(27-25-45)52-32-38-60-64(42-52)69-65-41-51-19-10-9-18-50(51)40-61(65)59-22-13-21-56(66(59)60)49-16-7-4-8-17-49/h3-43H,1-2H3. The van der Waals surface area contributed by atoms with Crippen molar-refractivity contribution in [1.29, 1.82) is 0 Å². The highest BCUT2D eigenvalue weighted by Gasteiger charge is 2.36. The van der Waals surface area contributed by atoms with Crippen LogP contribution in [0.1, 0.15) is 25.0 Å². The van der Waals surface area contributed by atoms with Crippen molar-refractivity contribution < 1.29 is 4.74 Å². The van der Waals surface area contributed by atoms with Gasteiger partial charge in [0.15, 0.2) is 0 Å². The van der Waals surface area contributed by atoms with Gasteiger partial charge in [-0.25, -0.2) is 0 Å². The highest BCUT2D eigenvalue weighted by atomic mass is 16.5. The largest absolute Gasteiger partial charge is 0.456 e. The summed E-state index contributed by atoms with van der Waals surface area (Å²) >= 11 is 0. The summed E-state index contributed by atoms with van der Waals surface area (Å²) in [7, 11) is 0. The van der Waals surface area contributed by atoms with Gasteiger partial charge in [0.2, 0.25) is 0 Å². The molecule has 0 fully saturated rings. The van der Waals surface area contributed by atoms with Crippen LogP contribution in [-0.4, -0.2) is 0 Å². The summed E-state index contributed by atoms with van der Waals surface area (Å²) in [5.74, 6) is 1.71. The first-order chi connectivity index (χ1) is 33.9. The molecular formula is C67H47NO. The number of rotatable bonds is 7. The maximum atomic E-state index is 7.00. The molecule has 0 N–H and O–H groups in total. The van der Waals surface area contributed by atoms with Crippen molar-refractivity contribution in [3.05, 3.63) is 260 Å². The Labute approximate surface area is 404 Å². The summed E-state index contributed by atoms with van der Waals surface area (Å²) in [5.41, 5.74) is 22.5. The Morgan fingerprint density at radius 2 is 0.754 bits per heavy atom. The molecule has 0 saturated heterocycles. The van der Waals surface area contributed by atoms with Gasteiger partial charge >= 0.3 is 0 Å². The molecular weight excluding hydrogens is 835 g/mol. The fourth-order valence-corrected chi connectivity index (χ4v) is 10.9. The third-order valence-corrected chi connectivity index (χ3v) is 14.5. The first-order valence-corrected chi connectivity index (χ1v) is 23.9. The van der Waals surface area contributed by atoms with Crippen molar-refractivity contribution in [2.75, 3.05) is 4.90 Å². The molecule has 326 valence electrons. The van der Waals surface area contributed by atoms with Crippen LogP contribution in [-0.2, 0) is 5.41 Å². The van der Waals surface area contributed by atoms with E-state index in [2.05, 4.69) is 267 Å². The van der Waals surface area contributed by atoms with E-state index in [0.29, 0.717) is 0 Å². The van der Waals surface area contributed by atoms with E-state index < -0.39 is 0 Å². The smallest absolute Gasteiger partial charge is 0.135 e. The minimum atomic E-state index is -0.107. The van der Waals surface area contributed by atoms with Crippen LogP contribution in [0.25, 0.3) is 88.7 Å². The number of benzene rings is 11. The second-order valence-corrected chi connectivity index (χ2v) is 18.9. The lowest BCUT2D eigenvalue weighted by atomic mass is 9.82. The third-order valence-electron chi connectivity index (χ3n) is 14.5. The van der Waals surface area contributed by atoms with Crippen LogP contribution in [0.2, 0.25) is 0 Å². The zero-order valence-corrected chi connectivity index (χ0v) is 38.5. The Kier molecular flexibility index (Phi) is 9.55. The molecule has 0 atom stereocenters. The monoisotopic (exact) mass is 881 g/mol. The minimum absolute atomic E-state index is 0.107. The van der Waals surface area contributed by atoms with Gasteiger partial charge in [-0.2, -0.15) is 0 Å². The van der Waals surface area contributed by atoms with Gasteiger partial charge in [-0.3, -0.25) is 0 Å². The topological polar surface area (TPSA) is 12.5 Å². The molecule has 13 rings (SSSR count). The van der Waals surface area contributed by atoms with E-state index in [0.717, 1.165) is 67.3 Å². The molecule has 0 spiro atoms. The van der Waals surface area contributed by atoms with Crippen LogP contribution in [0.4, 0.5) is 17.1 Å². The van der Waals surface area contributed by atoms with Gasteiger partial charge in [0, 0.05) is 39.2 Å². The molecule has 1 heterocycles. The molecule has 0 saturated carbocycles. The number of hydrogen-bond donors (Lipinski definition) is 0. The van der Waals surface area contributed by atoms with Crippen LogP contribution in [0.3, 0.4) is 0 Å². The molecule has 0 aromatic heterocycles. The van der Waals surface area contributed by atoms with Crippen molar-refractivity contribution in [2.24, 2.45) is 0 Å². The zero-order chi connectivity index (χ0) is 46.1. The lowest BCUT2D eigenvalue weighted by Crippen LogP contribution is -2.16. The molecule has 2 aliphatic rings. The average molecular weight is 882 g/mol. The van der Waals surface area contributed by atoms with Crippen molar-refractivity contribution >= 4 is 27.8 Å². The molecule has 0 bridgehead atoms. The second kappa shape index (κ2) is 16.3. The average Bonchev–Trinajstić information content (AvgIpc) is 3.54. The van der Waals surface area contributed by atoms with Gasteiger partial charge in [0.05, 0.1) is 0 Å². The quantitative estimate of drug-likeness (QED) is 0.158. The fraction of sp³-hybridized carbons (Fsp3) is 0.0448. The Morgan fingerprint density at radius 1 is 0.290 bits per heavy atom. The summed E-state index contributed by atoms with van der Waals surface area (Å²) < 4.78 is 7.00. The van der Waals surface area contributed by atoms with Gasteiger partial charge in [-0.1, -0.05) is 202 Å². The molecule has 0 amide bonds. The maximum absolute atomic E-state index is 7.00. The predicted molar refractivity (Wildman–Crippen MR) is 289 cm³/mol. The predicted octanol–water partition coefficient (Wildman–Crippen LogP) is 18.7. The highest BCUT2D eigenvalue weighted by Crippen LogP contribution is 2.53. The summed E-state index contributed by atoms with van der Waals surface area (Å²) in [6, 6.07) is 90.4. The van der Waals surface area contributed by atoms with Gasteiger partial charge in [0.1, 0.15) is 11.5 Å². The molecule has 2 nitrogen and oxygen atoms in total. The first-order valence-electron chi connectivity index (χ1n) is 23.9. The van der Waals surface area contributed by atoms with Gasteiger partial charge < -0.3 is 9.64 Å². The van der Waals surface area contributed by atoms with Crippen LogP contribution in [0.5, 0.6) is 11.5 Å². The van der Waals surface area contributed by atoms with Crippen LogP contribution in [0.15, 0.2) is 249 Å². The van der Waals surface area contributed by atoms with Crippen molar-refractivity contribution in [2.45, 2.75) is 19.3 Å². The fourth-order valence-electron chi connectivity index (χ4n) is 10.9.